The zero-order chi connectivity index (χ0) is 22.1. The van der Waals surface area contributed by atoms with Crippen LogP contribution < -0.4 is 10.2 Å². The van der Waals surface area contributed by atoms with Crippen molar-refractivity contribution in [3.8, 4) is 0 Å². The van der Waals surface area contributed by atoms with Crippen LogP contribution in [0.1, 0.15) is 38.1 Å². The molecule has 2 aromatic rings. The van der Waals surface area contributed by atoms with Gasteiger partial charge in [0, 0.05) is 63.1 Å². The predicted octanol–water partition coefficient (Wildman–Crippen LogP) is 2.71. The van der Waals surface area contributed by atoms with Crippen LogP contribution >= 0.6 is 11.5 Å². The van der Waals surface area contributed by atoms with Crippen LogP contribution in [0.4, 0.5) is 9.52 Å². The molecule has 0 spiro atoms. The van der Waals surface area contributed by atoms with Crippen molar-refractivity contribution in [3.05, 3.63) is 41.5 Å². The molecule has 1 atom stereocenters. The molecule has 7 nitrogen and oxygen atoms in total. The van der Waals surface area contributed by atoms with Crippen LogP contribution in [-0.4, -0.2) is 72.1 Å². The number of halogens is 1. The molecular weight excluding hydrogens is 417 g/mol. The van der Waals surface area contributed by atoms with Crippen LogP contribution in [0, 0.1) is 5.82 Å². The fourth-order valence-electron chi connectivity index (χ4n) is 3.43. The normalized spacial score (nSPS) is 15.6. The van der Waals surface area contributed by atoms with Gasteiger partial charge < -0.3 is 15.0 Å². The highest BCUT2D eigenvalue weighted by Crippen LogP contribution is 2.22. The number of aromatic nitrogens is 2. The van der Waals surface area contributed by atoms with Gasteiger partial charge in [0.2, 0.25) is 11.0 Å². The molecule has 1 aromatic heterocycles. The predicted molar refractivity (Wildman–Crippen MR) is 121 cm³/mol. The van der Waals surface area contributed by atoms with E-state index in [1.165, 1.54) is 23.7 Å². The Bertz CT molecular complexity index is 810. The molecule has 1 N–H and O–H groups in total. The van der Waals surface area contributed by atoms with E-state index >= 15 is 0 Å². The number of nitrogens with zero attached hydrogens (tertiary/aromatic N) is 4. The zero-order valence-corrected chi connectivity index (χ0v) is 19.2. The molecular formula is C22H32FN5O2S. The lowest BCUT2D eigenvalue weighted by Crippen LogP contribution is -2.42. The summed E-state index contributed by atoms with van der Waals surface area (Å²) in [6.07, 6.45) is 1.93. The van der Waals surface area contributed by atoms with Gasteiger partial charge in [-0.1, -0.05) is 19.1 Å². The monoisotopic (exact) mass is 449 g/mol. The molecule has 0 aliphatic carbocycles. The third-order valence-corrected chi connectivity index (χ3v) is 6.33. The molecule has 1 unspecified atom stereocenters. The summed E-state index contributed by atoms with van der Waals surface area (Å²) < 4.78 is 22.9. The van der Waals surface area contributed by atoms with Crippen LogP contribution in [-0.2, 0) is 16.0 Å². The molecule has 0 bridgehead atoms. The first-order valence-corrected chi connectivity index (χ1v) is 11.7. The molecule has 1 aliphatic heterocycles. The minimum Gasteiger partial charge on any atom is -0.379 e. The summed E-state index contributed by atoms with van der Waals surface area (Å²) >= 11 is 1.35. The molecule has 170 valence electrons. The summed E-state index contributed by atoms with van der Waals surface area (Å²) in [7, 11) is 0. The second-order valence-corrected chi connectivity index (χ2v) is 8.53. The number of anilines is 1. The molecule has 1 aliphatic rings. The van der Waals surface area contributed by atoms with Crippen molar-refractivity contribution < 1.29 is 13.9 Å². The van der Waals surface area contributed by atoms with Gasteiger partial charge in [-0.15, -0.1) is 0 Å². The Balaban J connectivity index is 1.49. The standard InChI is InChI=1S/C22H32FN5O2S/c1-3-17(2)28(10-8-21(29)24-9-11-27-12-14-30-15-13-27)22-25-20(26-31-22)16-18-4-6-19(23)7-5-18/h4-7,17H,3,8-16H2,1-2H3,(H,24,29). The van der Waals surface area contributed by atoms with E-state index in [1.54, 1.807) is 12.1 Å². The van der Waals surface area contributed by atoms with Crippen molar-refractivity contribution in [1.29, 1.82) is 0 Å². The lowest BCUT2D eigenvalue weighted by atomic mass is 10.1. The molecule has 0 saturated carbocycles. The number of morpholine rings is 1. The van der Waals surface area contributed by atoms with E-state index < -0.39 is 0 Å². The van der Waals surface area contributed by atoms with Crippen molar-refractivity contribution in [2.45, 2.75) is 39.2 Å². The number of rotatable bonds is 11. The first-order valence-electron chi connectivity index (χ1n) is 11.0. The van der Waals surface area contributed by atoms with Gasteiger partial charge in [0.15, 0.2) is 0 Å². The first kappa shape index (κ1) is 23.6. The average molecular weight is 450 g/mol. The topological polar surface area (TPSA) is 70.6 Å². The Hall–Kier alpha value is -2.10. The van der Waals surface area contributed by atoms with Crippen molar-refractivity contribution in [2.24, 2.45) is 0 Å². The van der Waals surface area contributed by atoms with E-state index in [2.05, 4.69) is 38.3 Å². The SMILES string of the molecule is CCC(C)N(CCC(=O)NCCN1CCOCC1)c1nc(Cc2ccc(F)cc2)ns1. The first-order chi connectivity index (χ1) is 15.0. The Morgan fingerprint density at radius 3 is 2.77 bits per heavy atom. The molecule has 31 heavy (non-hydrogen) atoms. The molecule has 1 fully saturated rings. The Morgan fingerprint density at radius 2 is 2.06 bits per heavy atom. The minimum absolute atomic E-state index is 0.0533. The highest BCUT2D eigenvalue weighted by Gasteiger charge is 2.19. The lowest BCUT2D eigenvalue weighted by Gasteiger charge is -2.28. The number of carbonyl (C=O) groups is 1. The summed E-state index contributed by atoms with van der Waals surface area (Å²) in [5, 5.41) is 3.85. The lowest BCUT2D eigenvalue weighted by molar-refractivity contribution is -0.121. The number of amides is 1. The molecule has 9 heteroatoms. The van der Waals surface area contributed by atoms with Crippen molar-refractivity contribution >= 4 is 22.6 Å². The fraction of sp³-hybridized carbons (Fsp3) is 0.591. The number of nitrogens with one attached hydrogen (secondary N) is 1. The van der Waals surface area contributed by atoms with Crippen molar-refractivity contribution in [1.82, 2.24) is 19.6 Å². The molecule has 2 heterocycles. The van der Waals surface area contributed by atoms with Gasteiger partial charge in [-0.25, -0.2) is 9.37 Å². The summed E-state index contributed by atoms with van der Waals surface area (Å²) in [4.78, 5) is 21.5. The van der Waals surface area contributed by atoms with E-state index in [9.17, 15) is 9.18 Å². The van der Waals surface area contributed by atoms with E-state index in [0.717, 1.165) is 55.8 Å². The van der Waals surface area contributed by atoms with Gasteiger partial charge in [0.1, 0.15) is 11.6 Å². The summed E-state index contributed by atoms with van der Waals surface area (Å²) in [5.41, 5.74) is 0.973. The molecule has 1 amide bonds. The van der Waals surface area contributed by atoms with Gasteiger partial charge >= 0.3 is 0 Å². The van der Waals surface area contributed by atoms with E-state index in [1.807, 2.05) is 0 Å². The maximum atomic E-state index is 13.1. The maximum absolute atomic E-state index is 13.1. The minimum atomic E-state index is -0.248. The molecule has 0 radical (unpaired) electrons. The second-order valence-electron chi connectivity index (χ2n) is 7.80. The largest absolute Gasteiger partial charge is 0.379 e. The van der Waals surface area contributed by atoms with Gasteiger partial charge in [-0.3, -0.25) is 9.69 Å². The summed E-state index contributed by atoms with van der Waals surface area (Å²) in [5.74, 6) is 0.523. The molecule has 1 aromatic carbocycles. The summed E-state index contributed by atoms with van der Waals surface area (Å²) in [6.45, 7) is 9.76. The number of benzene rings is 1. The fourth-order valence-corrected chi connectivity index (χ4v) is 4.25. The van der Waals surface area contributed by atoms with E-state index in [0.29, 0.717) is 25.9 Å². The van der Waals surface area contributed by atoms with Crippen LogP contribution in [0.3, 0.4) is 0 Å². The Labute approximate surface area is 187 Å². The van der Waals surface area contributed by atoms with Crippen LogP contribution in [0.15, 0.2) is 24.3 Å². The van der Waals surface area contributed by atoms with Crippen molar-refractivity contribution in [3.63, 3.8) is 0 Å². The highest BCUT2D eigenvalue weighted by atomic mass is 32.1. The Kier molecular flexibility index (Phi) is 9.17. The van der Waals surface area contributed by atoms with Crippen LogP contribution in [0.2, 0.25) is 0 Å². The smallest absolute Gasteiger partial charge is 0.221 e. The number of hydrogen-bond donors (Lipinski definition) is 1. The van der Waals surface area contributed by atoms with Gasteiger partial charge in [0.05, 0.1) is 13.2 Å². The third-order valence-electron chi connectivity index (χ3n) is 5.54. The second kappa shape index (κ2) is 12.1. The maximum Gasteiger partial charge on any atom is 0.221 e. The number of ether oxygens (including phenoxy) is 1. The van der Waals surface area contributed by atoms with Crippen LogP contribution in [0.25, 0.3) is 0 Å². The van der Waals surface area contributed by atoms with Crippen molar-refractivity contribution in [2.75, 3.05) is 50.8 Å². The highest BCUT2D eigenvalue weighted by molar-refractivity contribution is 7.09. The number of hydrogen-bond acceptors (Lipinski definition) is 7. The van der Waals surface area contributed by atoms with Gasteiger partial charge in [0.25, 0.3) is 0 Å². The summed E-state index contributed by atoms with van der Waals surface area (Å²) in [6, 6.07) is 6.66. The van der Waals surface area contributed by atoms with E-state index in [-0.39, 0.29) is 17.8 Å². The van der Waals surface area contributed by atoms with Gasteiger partial charge in [-0.2, -0.15) is 4.37 Å². The van der Waals surface area contributed by atoms with Crippen LogP contribution in [0.5, 0.6) is 0 Å². The molecule has 3 rings (SSSR count). The third kappa shape index (κ3) is 7.52. The number of carbonyl (C=O) groups excluding carboxylic acids is 1. The average Bonchev–Trinajstić information content (AvgIpc) is 3.24. The van der Waals surface area contributed by atoms with E-state index in [4.69, 9.17) is 4.74 Å². The Morgan fingerprint density at radius 1 is 1.32 bits per heavy atom. The molecule has 1 saturated heterocycles. The quantitative estimate of drug-likeness (QED) is 0.569. The zero-order valence-electron chi connectivity index (χ0n) is 18.3. The van der Waals surface area contributed by atoms with Gasteiger partial charge in [-0.05, 0) is 31.0 Å².